The molecule has 1 aromatic heterocycles. The fourth-order valence-corrected chi connectivity index (χ4v) is 3.89. The summed E-state index contributed by atoms with van der Waals surface area (Å²) < 4.78 is 6.83. The van der Waals surface area contributed by atoms with Gasteiger partial charge in [-0.2, -0.15) is 5.10 Å². The first-order valence-corrected chi connectivity index (χ1v) is 10.9. The molecule has 0 spiro atoms. The number of hydrogen-bond acceptors (Lipinski definition) is 4. The standard InChI is InChI=1S/C23H19BrClN3O3/c1-13-20-18(27-28-22(29)14-5-9-16(25)10-6-14)3-2-4-19(20)31-21(13)23(30)26-17-11-7-15(24)8-12-17/h5-12H,2-4H2,1H3,(H,26,30)(H,28,29)/b27-18+. The molecule has 8 heteroatoms. The van der Waals surface area contributed by atoms with Crippen molar-refractivity contribution >= 4 is 50.7 Å². The van der Waals surface area contributed by atoms with Crippen molar-refractivity contribution < 1.29 is 14.0 Å². The highest BCUT2D eigenvalue weighted by Crippen LogP contribution is 2.30. The summed E-state index contributed by atoms with van der Waals surface area (Å²) >= 11 is 9.25. The van der Waals surface area contributed by atoms with E-state index in [2.05, 4.69) is 31.8 Å². The summed E-state index contributed by atoms with van der Waals surface area (Å²) in [5, 5.41) is 7.75. The summed E-state index contributed by atoms with van der Waals surface area (Å²) in [5.74, 6) is 0.320. The third kappa shape index (κ3) is 4.73. The van der Waals surface area contributed by atoms with E-state index in [-0.39, 0.29) is 17.6 Å². The molecule has 2 N–H and O–H groups in total. The largest absolute Gasteiger partial charge is 0.455 e. The quantitative estimate of drug-likeness (QED) is 0.449. The minimum Gasteiger partial charge on any atom is -0.455 e. The molecule has 0 aliphatic heterocycles. The van der Waals surface area contributed by atoms with E-state index in [1.165, 1.54) is 0 Å². The molecule has 0 fully saturated rings. The predicted molar refractivity (Wildman–Crippen MR) is 124 cm³/mol. The molecule has 0 atom stereocenters. The van der Waals surface area contributed by atoms with Gasteiger partial charge in [0.1, 0.15) is 5.76 Å². The molecule has 1 aliphatic carbocycles. The Morgan fingerprint density at radius 3 is 2.45 bits per heavy atom. The van der Waals surface area contributed by atoms with Gasteiger partial charge < -0.3 is 9.73 Å². The van der Waals surface area contributed by atoms with Gasteiger partial charge in [0.05, 0.1) is 5.71 Å². The number of rotatable bonds is 4. The Labute approximate surface area is 192 Å². The first kappa shape index (κ1) is 21.3. The molecule has 4 rings (SSSR count). The Morgan fingerprint density at radius 1 is 1.03 bits per heavy atom. The SMILES string of the molecule is Cc1c(C(=O)Nc2ccc(Br)cc2)oc2c1/C(=N/NC(=O)c1ccc(Cl)cc1)CCC2. The Bertz CT molecular complexity index is 1170. The van der Waals surface area contributed by atoms with Crippen molar-refractivity contribution in [2.75, 3.05) is 5.32 Å². The van der Waals surface area contributed by atoms with Gasteiger partial charge in [-0.05, 0) is 68.3 Å². The van der Waals surface area contributed by atoms with Gasteiger partial charge in [0.25, 0.3) is 11.8 Å². The average Bonchev–Trinajstić information content (AvgIpc) is 3.11. The number of carbonyl (C=O) groups is 2. The van der Waals surface area contributed by atoms with Crippen molar-refractivity contribution in [1.29, 1.82) is 0 Å². The van der Waals surface area contributed by atoms with Crippen molar-refractivity contribution in [3.8, 4) is 0 Å². The van der Waals surface area contributed by atoms with Gasteiger partial charge in [0, 0.05) is 38.3 Å². The van der Waals surface area contributed by atoms with Crippen molar-refractivity contribution in [3.63, 3.8) is 0 Å². The number of benzene rings is 2. The van der Waals surface area contributed by atoms with Gasteiger partial charge in [-0.1, -0.05) is 27.5 Å². The molecule has 0 saturated carbocycles. The van der Waals surface area contributed by atoms with Crippen molar-refractivity contribution in [2.24, 2.45) is 5.10 Å². The summed E-state index contributed by atoms with van der Waals surface area (Å²) in [4.78, 5) is 25.2. The molecule has 2 aromatic carbocycles. The second-order valence-corrected chi connectivity index (χ2v) is 8.53. The molecular weight excluding hydrogens is 482 g/mol. The Hall–Kier alpha value is -2.90. The molecule has 0 unspecified atom stereocenters. The van der Waals surface area contributed by atoms with E-state index in [0.717, 1.165) is 16.5 Å². The molecule has 0 bridgehead atoms. The zero-order valence-corrected chi connectivity index (χ0v) is 19.0. The van der Waals surface area contributed by atoms with Crippen LogP contribution >= 0.6 is 27.5 Å². The first-order valence-electron chi connectivity index (χ1n) is 9.74. The fourth-order valence-electron chi connectivity index (χ4n) is 3.50. The van der Waals surface area contributed by atoms with E-state index in [4.69, 9.17) is 16.0 Å². The first-order chi connectivity index (χ1) is 14.9. The Kier molecular flexibility index (Phi) is 6.25. The molecule has 1 aliphatic rings. The van der Waals surface area contributed by atoms with Gasteiger partial charge >= 0.3 is 0 Å². The number of aryl methyl sites for hydroxylation is 1. The van der Waals surface area contributed by atoms with Crippen molar-refractivity contribution in [3.05, 3.63) is 86.2 Å². The monoisotopic (exact) mass is 499 g/mol. The summed E-state index contributed by atoms with van der Waals surface area (Å²) in [6, 6.07) is 13.9. The lowest BCUT2D eigenvalue weighted by molar-refractivity contribution is 0.0953. The second kappa shape index (κ2) is 9.08. The molecule has 1 heterocycles. The van der Waals surface area contributed by atoms with Crippen LogP contribution in [-0.2, 0) is 6.42 Å². The zero-order valence-electron chi connectivity index (χ0n) is 16.7. The van der Waals surface area contributed by atoms with Crippen LogP contribution in [0.15, 0.2) is 62.5 Å². The van der Waals surface area contributed by atoms with E-state index >= 15 is 0 Å². The van der Waals surface area contributed by atoms with E-state index in [1.54, 1.807) is 36.4 Å². The number of fused-ring (bicyclic) bond motifs is 1. The summed E-state index contributed by atoms with van der Waals surface area (Å²) in [7, 11) is 0. The van der Waals surface area contributed by atoms with E-state index in [9.17, 15) is 9.59 Å². The highest BCUT2D eigenvalue weighted by atomic mass is 79.9. The van der Waals surface area contributed by atoms with E-state index in [0.29, 0.717) is 46.2 Å². The van der Waals surface area contributed by atoms with Crippen LogP contribution in [0.25, 0.3) is 0 Å². The van der Waals surface area contributed by atoms with E-state index in [1.807, 2.05) is 19.1 Å². The lowest BCUT2D eigenvalue weighted by atomic mass is 9.93. The van der Waals surface area contributed by atoms with E-state index < -0.39 is 0 Å². The minimum atomic E-state index is -0.328. The number of nitrogens with one attached hydrogen (secondary N) is 2. The molecule has 0 radical (unpaired) electrons. The lowest BCUT2D eigenvalue weighted by Crippen LogP contribution is -2.22. The average molecular weight is 501 g/mol. The number of carbonyl (C=O) groups excluding carboxylic acids is 2. The number of nitrogens with zero attached hydrogens (tertiary/aromatic N) is 1. The Balaban J connectivity index is 1.55. The topological polar surface area (TPSA) is 83.7 Å². The van der Waals surface area contributed by atoms with Gasteiger partial charge in [-0.3, -0.25) is 9.59 Å². The van der Waals surface area contributed by atoms with Crippen molar-refractivity contribution in [1.82, 2.24) is 5.43 Å². The lowest BCUT2D eigenvalue weighted by Gasteiger charge is -2.13. The Morgan fingerprint density at radius 2 is 1.74 bits per heavy atom. The predicted octanol–water partition coefficient (Wildman–Crippen LogP) is 5.73. The maximum Gasteiger partial charge on any atom is 0.291 e. The maximum absolute atomic E-state index is 12.8. The van der Waals surface area contributed by atoms with Crippen LogP contribution in [0.4, 0.5) is 5.69 Å². The molecule has 31 heavy (non-hydrogen) atoms. The van der Waals surface area contributed by atoms with Gasteiger partial charge in [-0.15, -0.1) is 0 Å². The minimum absolute atomic E-state index is 0.256. The summed E-state index contributed by atoms with van der Waals surface area (Å²) in [6.45, 7) is 1.83. The number of hydrazone groups is 1. The smallest absolute Gasteiger partial charge is 0.291 e. The number of amides is 2. The van der Waals surface area contributed by atoms with Crippen molar-refractivity contribution in [2.45, 2.75) is 26.2 Å². The molecule has 158 valence electrons. The normalized spacial score (nSPS) is 14.2. The van der Waals surface area contributed by atoms with Gasteiger partial charge in [-0.25, -0.2) is 5.43 Å². The number of anilines is 1. The van der Waals surface area contributed by atoms with Crippen LogP contribution in [-0.4, -0.2) is 17.5 Å². The van der Waals surface area contributed by atoms with Crippen LogP contribution in [0, 0.1) is 6.92 Å². The fraction of sp³-hybridized carbons (Fsp3) is 0.174. The third-order valence-corrected chi connectivity index (χ3v) is 5.81. The number of furan rings is 1. The third-order valence-electron chi connectivity index (χ3n) is 5.03. The number of hydrogen-bond donors (Lipinski definition) is 2. The highest BCUT2D eigenvalue weighted by molar-refractivity contribution is 9.10. The van der Waals surface area contributed by atoms with Gasteiger partial charge in [0.2, 0.25) is 0 Å². The van der Waals surface area contributed by atoms with Crippen LogP contribution in [0.5, 0.6) is 0 Å². The van der Waals surface area contributed by atoms with Gasteiger partial charge in [0.15, 0.2) is 5.76 Å². The molecule has 3 aromatic rings. The molecular formula is C23H19BrClN3O3. The molecule has 0 saturated heterocycles. The van der Waals surface area contributed by atoms with Crippen LogP contribution in [0.1, 0.15) is 50.6 Å². The second-order valence-electron chi connectivity index (χ2n) is 7.18. The summed E-state index contributed by atoms with van der Waals surface area (Å²) in [6.07, 6.45) is 2.22. The van der Waals surface area contributed by atoms with Crippen LogP contribution in [0.3, 0.4) is 0 Å². The molecule has 6 nitrogen and oxygen atoms in total. The van der Waals surface area contributed by atoms with Crippen LogP contribution < -0.4 is 10.7 Å². The highest BCUT2D eigenvalue weighted by Gasteiger charge is 2.28. The molecule has 2 amide bonds. The zero-order chi connectivity index (χ0) is 22.0. The summed E-state index contributed by atoms with van der Waals surface area (Å²) in [5.41, 5.74) is 5.94. The maximum atomic E-state index is 12.8. The number of halogens is 2. The van der Waals surface area contributed by atoms with Crippen LogP contribution in [0.2, 0.25) is 5.02 Å².